The van der Waals surface area contributed by atoms with E-state index in [4.69, 9.17) is 16.0 Å². The lowest BCUT2D eigenvalue weighted by Crippen LogP contribution is -1.74. The molecule has 0 amide bonds. The summed E-state index contributed by atoms with van der Waals surface area (Å²) in [5.74, 6) is 0.747. The molecule has 0 aliphatic rings. The zero-order valence-corrected chi connectivity index (χ0v) is 12.7. The van der Waals surface area contributed by atoms with Gasteiger partial charge in [0.05, 0.1) is 8.95 Å². The van der Waals surface area contributed by atoms with Crippen molar-refractivity contribution < 1.29 is 4.42 Å². The molecule has 0 saturated heterocycles. The van der Waals surface area contributed by atoms with Crippen molar-refractivity contribution in [2.75, 3.05) is 0 Å². The molecule has 1 heterocycles. The molecule has 0 aliphatic carbocycles. The van der Waals surface area contributed by atoms with E-state index in [1.54, 1.807) is 0 Å². The number of halogens is 4. The molecule has 0 saturated carbocycles. The number of furan rings is 1. The Morgan fingerprint density at radius 2 is 1.80 bits per heavy atom. The lowest BCUT2D eigenvalue weighted by atomic mass is 10.2. The van der Waals surface area contributed by atoms with Crippen molar-refractivity contribution >= 4 is 59.4 Å². The summed E-state index contributed by atoms with van der Waals surface area (Å²) in [6, 6.07) is 7.50. The van der Waals surface area contributed by atoms with E-state index in [9.17, 15) is 0 Å². The lowest BCUT2D eigenvalue weighted by Gasteiger charge is -1.98. The number of benzene rings is 1. The highest BCUT2D eigenvalue weighted by Gasteiger charge is 2.16. The summed E-state index contributed by atoms with van der Waals surface area (Å²) < 4.78 is 7.94. The third-order valence-electron chi connectivity index (χ3n) is 1.84. The molecule has 5 heteroatoms. The zero-order chi connectivity index (χ0) is 11.0. The first-order valence-corrected chi connectivity index (χ1v) is 6.74. The molecule has 0 aliphatic heterocycles. The predicted molar refractivity (Wildman–Crippen MR) is 72.3 cm³/mol. The van der Waals surface area contributed by atoms with Crippen LogP contribution in [0.3, 0.4) is 0 Å². The van der Waals surface area contributed by atoms with Crippen LogP contribution in [-0.4, -0.2) is 0 Å². The number of hydrogen-bond donors (Lipinski definition) is 0. The Hall–Kier alpha value is 0.230. The Balaban J connectivity index is 2.59. The lowest BCUT2D eigenvalue weighted by molar-refractivity contribution is 0.553. The summed E-state index contributed by atoms with van der Waals surface area (Å²) in [6.07, 6.45) is 0. The molecular formula is C10H4Br3ClO. The minimum absolute atomic E-state index is 0.657. The van der Waals surface area contributed by atoms with Crippen LogP contribution in [0.2, 0.25) is 5.02 Å². The number of hydrogen-bond acceptors (Lipinski definition) is 1. The van der Waals surface area contributed by atoms with Gasteiger partial charge in [0.25, 0.3) is 0 Å². The van der Waals surface area contributed by atoms with Crippen LogP contribution in [0.15, 0.2) is 42.3 Å². The minimum atomic E-state index is 0.657. The maximum absolute atomic E-state index is 5.91. The van der Waals surface area contributed by atoms with Crippen molar-refractivity contribution in [2.45, 2.75) is 0 Å². The average Bonchev–Trinajstić information content (AvgIpc) is 2.46. The molecule has 1 nitrogen and oxygen atoms in total. The van der Waals surface area contributed by atoms with Gasteiger partial charge in [-0.1, -0.05) is 23.7 Å². The fourth-order valence-corrected chi connectivity index (χ4v) is 2.75. The van der Waals surface area contributed by atoms with Crippen LogP contribution in [0.1, 0.15) is 0 Å². The van der Waals surface area contributed by atoms with E-state index in [1.807, 2.05) is 24.3 Å². The molecule has 0 spiro atoms. The summed E-state index contributed by atoms with van der Waals surface area (Å²) in [5.41, 5.74) is 0.931. The largest absolute Gasteiger partial charge is 0.447 e. The molecule has 0 fully saturated rings. The maximum atomic E-state index is 5.91. The van der Waals surface area contributed by atoms with Gasteiger partial charge in [0.1, 0.15) is 0 Å². The van der Waals surface area contributed by atoms with Crippen molar-refractivity contribution in [3.8, 4) is 11.3 Å². The van der Waals surface area contributed by atoms with Gasteiger partial charge in [-0.05, 0) is 59.9 Å². The highest BCUT2D eigenvalue weighted by molar-refractivity contribution is 9.14. The fourth-order valence-electron chi connectivity index (χ4n) is 1.18. The molecule has 1 aromatic carbocycles. The molecule has 78 valence electrons. The van der Waals surface area contributed by atoms with Crippen molar-refractivity contribution in [1.82, 2.24) is 0 Å². The van der Waals surface area contributed by atoms with Crippen molar-refractivity contribution in [3.05, 3.63) is 42.9 Å². The van der Waals surface area contributed by atoms with Gasteiger partial charge in [0.2, 0.25) is 0 Å². The van der Waals surface area contributed by atoms with E-state index in [0.29, 0.717) is 9.69 Å². The van der Waals surface area contributed by atoms with Crippen LogP contribution in [0.5, 0.6) is 0 Å². The summed E-state index contributed by atoms with van der Waals surface area (Å²) in [6.45, 7) is 0. The van der Waals surface area contributed by atoms with E-state index in [0.717, 1.165) is 20.3 Å². The molecule has 0 N–H and O–H groups in total. The van der Waals surface area contributed by atoms with Crippen LogP contribution in [0.4, 0.5) is 0 Å². The molecule has 0 unspecified atom stereocenters. The second-order valence-corrected chi connectivity index (χ2v) is 5.59. The Morgan fingerprint density at radius 1 is 1.07 bits per heavy atom. The van der Waals surface area contributed by atoms with E-state index in [-0.39, 0.29) is 0 Å². The SMILES string of the molecule is Clc1cccc(-c2oc(Br)c(Br)c2Br)c1. The topological polar surface area (TPSA) is 13.1 Å². The quantitative estimate of drug-likeness (QED) is 0.566. The summed E-state index contributed by atoms with van der Waals surface area (Å²) in [7, 11) is 0. The standard InChI is InChI=1S/C10H4Br3ClO/c11-7-8(12)10(13)15-9(7)5-2-1-3-6(14)4-5/h1-4H. The molecule has 0 bridgehead atoms. The van der Waals surface area contributed by atoms with Gasteiger partial charge in [-0.3, -0.25) is 0 Å². The van der Waals surface area contributed by atoms with Gasteiger partial charge in [-0.25, -0.2) is 0 Å². The molecule has 2 aromatic rings. The zero-order valence-electron chi connectivity index (χ0n) is 7.23. The second-order valence-electron chi connectivity index (χ2n) is 2.84. The highest BCUT2D eigenvalue weighted by Crippen LogP contribution is 2.42. The Labute approximate surface area is 117 Å². The number of rotatable bonds is 1. The Bertz CT molecular complexity index is 507. The first-order chi connectivity index (χ1) is 7.09. The summed E-state index contributed by atoms with van der Waals surface area (Å²) >= 11 is 16.1. The molecule has 15 heavy (non-hydrogen) atoms. The van der Waals surface area contributed by atoms with Gasteiger partial charge in [0.15, 0.2) is 10.4 Å². The van der Waals surface area contributed by atoms with Gasteiger partial charge >= 0.3 is 0 Å². The normalized spacial score (nSPS) is 10.7. The maximum Gasteiger partial charge on any atom is 0.185 e. The first-order valence-electron chi connectivity index (χ1n) is 3.99. The van der Waals surface area contributed by atoms with Gasteiger partial charge in [-0.15, -0.1) is 0 Å². The van der Waals surface area contributed by atoms with E-state index < -0.39 is 0 Å². The third kappa shape index (κ3) is 2.33. The Kier molecular flexibility index (Phi) is 3.60. The highest BCUT2D eigenvalue weighted by atomic mass is 79.9. The van der Waals surface area contributed by atoms with Crippen LogP contribution in [-0.2, 0) is 0 Å². The summed E-state index contributed by atoms with van der Waals surface area (Å²) in [5, 5.41) is 0.683. The van der Waals surface area contributed by atoms with Crippen LogP contribution >= 0.6 is 59.4 Å². The average molecular weight is 415 g/mol. The monoisotopic (exact) mass is 412 g/mol. The molecule has 0 radical (unpaired) electrons. The van der Waals surface area contributed by atoms with E-state index in [1.165, 1.54) is 0 Å². The van der Waals surface area contributed by atoms with Crippen LogP contribution < -0.4 is 0 Å². The predicted octanol–water partition coefficient (Wildman–Crippen LogP) is 5.89. The van der Waals surface area contributed by atoms with Gasteiger partial charge < -0.3 is 4.42 Å². The molecule has 1 aromatic heterocycles. The van der Waals surface area contributed by atoms with Crippen molar-refractivity contribution in [1.29, 1.82) is 0 Å². The molecule has 2 rings (SSSR count). The van der Waals surface area contributed by atoms with Gasteiger partial charge in [-0.2, -0.15) is 0 Å². The van der Waals surface area contributed by atoms with Crippen LogP contribution in [0.25, 0.3) is 11.3 Å². The minimum Gasteiger partial charge on any atom is -0.447 e. The first kappa shape index (κ1) is 11.7. The van der Waals surface area contributed by atoms with Crippen LogP contribution in [0, 0.1) is 0 Å². The van der Waals surface area contributed by atoms with E-state index >= 15 is 0 Å². The second kappa shape index (κ2) is 4.62. The fraction of sp³-hybridized carbons (Fsp3) is 0. The van der Waals surface area contributed by atoms with E-state index in [2.05, 4.69) is 47.8 Å². The third-order valence-corrected chi connectivity index (χ3v) is 5.21. The smallest absolute Gasteiger partial charge is 0.185 e. The van der Waals surface area contributed by atoms with Gasteiger partial charge in [0, 0.05) is 10.6 Å². The van der Waals surface area contributed by atoms with Crippen molar-refractivity contribution in [3.63, 3.8) is 0 Å². The van der Waals surface area contributed by atoms with Crippen molar-refractivity contribution in [2.24, 2.45) is 0 Å². The Morgan fingerprint density at radius 3 is 2.33 bits per heavy atom. The summed E-state index contributed by atoms with van der Waals surface area (Å²) in [4.78, 5) is 0. The molecular weight excluding hydrogens is 411 g/mol. The molecule has 0 atom stereocenters.